The van der Waals surface area contributed by atoms with Gasteiger partial charge < -0.3 is 19.5 Å². The number of aryl methyl sites for hydroxylation is 2. The van der Waals surface area contributed by atoms with Gasteiger partial charge in [0.2, 0.25) is 0 Å². The van der Waals surface area contributed by atoms with Crippen LogP contribution in [0.4, 0.5) is 10.5 Å². The summed E-state index contributed by atoms with van der Waals surface area (Å²) in [5.74, 6) is 1.63. The number of rotatable bonds is 4. The number of amides is 2. The number of carbonyl (C=O) groups excluding carboxylic acids is 1. The zero-order valence-electron chi connectivity index (χ0n) is 21.6. The zero-order chi connectivity index (χ0) is 26.2. The number of nitrogens with zero attached hydrogens (tertiary/aromatic N) is 4. The highest BCUT2D eigenvalue weighted by atomic mass is 16.5. The van der Waals surface area contributed by atoms with Crippen LogP contribution in [-0.4, -0.2) is 32.4 Å². The highest BCUT2D eigenvalue weighted by Gasteiger charge is 2.36. The van der Waals surface area contributed by atoms with E-state index >= 15 is 0 Å². The van der Waals surface area contributed by atoms with E-state index in [1.165, 1.54) is 5.56 Å². The van der Waals surface area contributed by atoms with Crippen molar-refractivity contribution in [2.45, 2.75) is 26.4 Å². The summed E-state index contributed by atoms with van der Waals surface area (Å²) in [6.45, 7) is 4.47. The van der Waals surface area contributed by atoms with Crippen LogP contribution in [0.3, 0.4) is 0 Å². The largest absolute Gasteiger partial charge is 0.497 e. The molecule has 38 heavy (non-hydrogen) atoms. The number of fused-ring (bicyclic) bond motifs is 3. The lowest BCUT2D eigenvalue weighted by Gasteiger charge is -2.31. The minimum Gasteiger partial charge on any atom is -0.497 e. The Morgan fingerprint density at radius 1 is 0.947 bits per heavy atom. The molecule has 3 aromatic carbocycles. The minimum absolute atomic E-state index is 0.198. The van der Waals surface area contributed by atoms with Crippen LogP contribution >= 0.6 is 0 Å². The van der Waals surface area contributed by atoms with Crippen molar-refractivity contribution in [3.63, 3.8) is 0 Å². The van der Waals surface area contributed by atoms with Crippen LogP contribution in [0.1, 0.15) is 34.1 Å². The quantitative estimate of drug-likeness (QED) is 0.308. The number of nitrogens with one attached hydrogen (secondary N) is 1. The summed E-state index contributed by atoms with van der Waals surface area (Å²) in [4.78, 5) is 15.9. The highest BCUT2D eigenvalue weighted by Crippen LogP contribution is 2.38. The molecule has 6 rings (SSSR count). The second kappa shape index (κ2) is 9.59. The Morgan fingerprint density at radius 3 is 2.50 bits per heavy atom. The Bertz CT molecular complexity index is 1600. The van der Waals surface area contributed by atoms with E-state index in [4.69, 9.17) is 9.84 Å². The molecule has 190 valence electrons. The van der Waals surface area contributed by atoms with Gasteiger partial charge in [0.1, 0.15) is 11.6 Å². The molecule has 3 heterocycles. The fourth-order valence-electron chi connectivity index (χ4n) is 5.14. The van der Waals surface area contributed by atoms with Crippen molar-refractivity contribution in [1.82, 2.24) is 19.2 Å². The Kier molecular flexibility index (Phi) is 5.96. The highest BCUT2D eigenvalue weighted by molar-refractivity contribution is 5.90. The Hall–Kier alpha value is -4.78. The van der Waals surface area contributed by atoms with Gasteiger partial charge in [-0.15, -0.1) is 0 Å². The Labute approximate surface area is 221 Å². The van der Waals surface area contributed by atoms with Gasteiger partial charge in [0.05, 0.1) is 36.8 Å². The standard InChI is InChI=1S/C31H29N5O2/c1-21-14-16-23(17-15-21)29-28-13-8-18-34(28)30-27(22(2)33-36(30)25-10-5-4-6-11-25)20-35(29)31(37)32-24-9-7-12-26(19-24)38-3/h4-19,29H,20H2,1-3H3,(H,32,37). The van der Waals surface area contributed by atoms with E-state index in [-0.39, 0.29) is 12.1 Å². The third-order valence-electron chi connectivity index (χ3n) is 7.06. The number of carbonyl (C=O) groups is 1. The number of benzene rings is 3. The van der Waals surface area contributed by atoms with E-state index in [1.54, 1.807) is 7.11 Å². The first-order valence-electron chi connectivity index (χ1n) is 12.6. The average Bonchev–Trinajstić information content (AvgIpc) is 3.50. The summed E-state index contributed by atoms with van der Waals surface area (Å²) < 4.78 is 9.52. The number of anilines is 1. The van der Waals surface area contributed by atoms with Crippen molar-refractivity contribution in [3.8, 4) is 17.3 Å². The molecule has 0 aliphatic carbocycles. The molecule has 0 saturated heterocycles. The second-order valence-electron chi connectivity index (χ2n) is 9.54. The van der Waals surface area contributed by atoms with E-state index in [2.05, 4.69) is 53.3 Å². The van der Waals surface area contributed by atoms with Gasteiger partial charge in [0, 0.05) is 23.5 Å². The van der Waals surface area contributed by atoms with Crippen molar-refractivity contribution in [2.24, 2.45) is 0 Å². The first-order valence-corrected chi connectivity index (χ1v) is 12.6. The average molecular weight is 504 g/mol. The van der Waals surface area contributed by atoms with Gasteiger partial charge in [-0.3, -0.25) is 0 Å². The maximum Gasteiger partial charge on any atom is 0.322 e. The maximum atomic E-state index is 14.0. The van der Waals surface area contributed by atoms with E-state index in [0.717, 1.165) is 34.0 Å². The van der Waals surface area contributed by atoms with Crippen LogP contribution in [0, 0.1) is 13.8 Å². The lowest BCUT2D eigenvalue weighted by molar-refractivity contribution is 0.194. The Morgan fingerprint density at radius 2 is 1.74 bits per heavy atom. The second-order valence-corrected chi connectivity index (χ2v) is 9.54. The van der Waals surface area contributed by atoms with E-state index in [9.17, 15) is 4.79 Å². The molecule has 7 heteroatoms. The fourth-order valence-corrected chi connectivity index (χ4v) is 5.14. The topological polar surface area (TPSA) is 64.3 Å². The molecule has 5 aromatic rings. The monoisotopic (exact) mass is 503 g/mol. The van der Waals surface area contributed by atoms with Crippen LogP contribution in [0.2, 0.25) is 0 Å². The number of hydrogen-bond acceptors (Lipinski definition) is 3. The van der Waals surface area contributed by atoms with Crippen molar-refractivity contribution < 1.29 is 9.53 Å². The number of methoxy groups -OCH3 is 1. The molecule has 1 aliphatic heterocycles. The number of aromatic nitrogens is 3. The molecule has 7 nitrogen and oxygen atoms in total. The molecule has 0 spiro atoms. The van der Waals surface area contributed by atoms with Crippen LogP contribution < -0.4 is 10.1 Å². The maximum absolute atomic E-state index is 14.0. The number of hydrogen-bond donors (Lipinski definition) is 1. The molecule has 0 bridgehead atoms. The summed E-state index contributed by atoms with van der Waals surface area (Å²) in [5, 5.41) is 8.02. The third-order valence-corrected chi connectivity index (χ3v) is 7.06. The third kappa shape index (κ3) is 4.12. The van der Waals surface area contributed by atoms with Gasteiger partial charge in [-0.25, -0.2) is 9.48 Å². The van der Waals surface area contributed by atoms with Crippen LogP contribution in [0.15, 0.2) is 97.2 Å². The molecule has 2 aromatic heterocycles. The minimum atomic E-state index is -0.313. The van der Waals surface area contributed by atoms with E-state index in [1.807, 2.05) is 77.2 Å². The SMILES string of the molecule is COc1cccc(NC(=O)N2Cc3c(C)nn(-c4ccccc4)c3-n3cccc3C2c2ccc(C)cc2)c1. The van der Waals surface area contributed by atoms with E-state index in [0.29, 0.717) is 18.0 Å². The predicted molar refractivity (Wildman–Crippen MR) is 148 cm³/mol. The summed E-state index contributed by atoms with van der Waals surface area (Å²) in [7, 11) is 1.62. The van der Waals surface area contributed by atoms with Crippen molar-refractivity contribution in [3.05, 3.63) is 125 Å². The lowest BCUT2D eigenvalue weighted by atomic mass is 10.0. The molecule has 1 aliphatic rings. The van der Waals surface area contributed by atoms with Crippen LogP contribution in [0.5, 0.6) is 5.75 Å². The molecule has 0 saturated carbocycles. The van der Waals surface area contributed by atoms with Crippen LogP contribution in [-0.2, 0) is 6.54 Å². The van der Waals surface area contributed by atoms with Gasteiger partial charge in [-0.2, -0.15) is 5.10 Å². The predicted octanol–water partition coefficient (Wildman–Crippen LogP) is 6.43. The van der Waals surface area contributed by atoms with Gasteiger partial charge in [0.15, 0.2) is 0 Å². The van der Waals surface area contributed by atoms with Gasteiger partial charge in [-0.05, 0) is 55.8 Å². The van der Waals surface area contributed by atoms with E-state index < -0.39 is 0 Å². The number of urea groups is 1. The molecule has 1 atom stereocenters. The molecular weight excluding hydrogens is 474 g/mol. The van der Waals surface area contributed by atoms with Gasteiger partial charge in [0.25, 0.3) is 0 Å². The first kappa shape index (κ1) is 23.6. The normalized spacial score (nSPS) is 14.4. The zero-order valence-corrected chi connectivity index (χ0v) is 21.6. The number of para-hydroxylation sites is 1. The van der Waals surface area contributed by atoms with Gasteiger partial charge >= 0.3 is 6.03 Å². The summed E-state index contributed by atoms with van der Waals surface area (Å²) in [5.41, 5.74) is 6.73. The molecule has 1 unspecified atom stereocenters. The molecule has 2 amide bonds. The smallest absolute Gasteiger partial charge is 0.322 e. The Balaban J connectivity index is 1.52. The summed E-state index contributed by atoms with van der Waals surface area (Å²) in [6.07, 6.45) is 2.05. The van der Waals surface area contributed by atoms with Crippen molar-refractivity contribution in [1.29, 1.82) is 0 Å². The number of ether oxygens (including phenoxy) is 1. The first-order chi connectivity index (χ1) is 18.5. The fraction of sp³-hybridized carbons (Fsp3) is 0.161. The molecular formula is C31H29N5O2. The summed E-state index contributed by atoms with van der Waals surface area (Å²) >= 11 is 0. The van der Waals surface area contributed by atoms with Crippen LogP contribution in [0.25, 0.3) is 11.5 Å². The van der Waals surface area contributed by atoms with Gasteiger partial charge in [-0.1, -0.05) is 54.1 Å². The molecule has 1 N–H and O–H groups in total. The summed E-state index contributed by atoms with van der Waals surface area (Å²) in [6, 6.07) is 29.5. The van der Waals surface area contributed by atoms with Crippen molar-refractivity contribution in [2.75, 3.05) is 12.4 Å². The lowest BCUT2D eigenvalue weighted by Crippen LogP contribution is -2.38. The molecule has 0 radical (unpaired) electrons. The molecule has 0 fully saturated rings. The van der Waals surface area contributed by atoms with Crippen molar-refractivity contribution >= 4 is 11.7 Å².